The van der Waals surface area contributed by atoms with Crippen LogP contribution in [0, 0.1) is 10.1 Å². The van der Waals surface area contributed by atoms with Gasteiger partial charge in [-0.15, -0.1) is 0 Å². The van der Waals surface area contributed by atoms with E-state index >= 15 is 0 Å². The van der Waals surface area contributed by atoms with E-state index in [2.05, 4.69) is 6.92 Å². The molecule has 0 atom stereocenters. The number of non-ortho nitro benzene ring substituents is 1. The monoisotopic (exact) mass is 511 g/mol. The molecule has 7 nitrogen and oxygen atoms in total. The van der Waals surface area contributed by atoms with Gasteiger partial charge in [-0.05, 0) is 42.8 Å². The summed E-state index contributed by atoms with van der Waals surface area (Å²) in [5.41, 5.74) is 0.483. The molecule has 0 amide bonds. The summed E-state index contributed by atoms with van der Waals surface area (Å²) in [4.78, 5) is 34.6. The Hall–Kier alpha value is -3.22. The van der Waals surface area contributed by atoms with Gasteiger partial charge in [0, 0.05) is 12.1 Å². The Morgan fingerprint density at radius 1 is 0.649 bits per heavy atom. The molecule has 0 aliphatic rings. The fraction of sp³-hybridized carbons (Fsp3) is 0.533. The topological polar surface area (TPSA) is 95.7 Å². The summed E-state index contributed by atoms with van der Waals surface area (Å²) in [6.45, 7) is 2.65. The molecule has 0 heterocycles. The van der Waals surface area contributed by atoms with Gasteiger partial charge >= 0.3 is 11.9 Å². The number of esters is 2. The first-order chi connectivity index (χ1) is 18.0. The van der Waals surface area contributed by atoms with Gasteiger partial charge in [0.15, 0.2) is 0 Å². The Kier molecular flexibility index (Phi) is 14.7. The van der Waals surface area contributed by atoms with Gasteiger partial charge in [-0.1, -0.05) is 90.4 Å². The number of hydrogen-bond donors (Lipinski definition) is 0. The van der Waals surface area contributed by atoms with Gasteiger partial charge in [-0.2, -0.15) is 0 Å². The second kappa shape index (κ2) is 18.1. The molecule has 0 aliphatic heterocycles. The maximum absolute atomic E-state index is 12.2. The number of carbonyl (C=O) groups excluding carboxylic acids is 2. The third-order valence-electron chi connectivity index (χ3n) is 6.35. The highest BCUT2D eigenvalue weighted by Crippen LogP contribution is 2.18. The van der Waals surface area contributed by atoms with E-state index in [0.29, 0.717) is 12.2 Å². The molecule has 0 aliphatic carbocycles. The summed E-state index contributed by atoms with van der Waals surface area (Å²) in [5, 5.41) is 10.7. The zero-order valence-corrected chi connectivity index (χ0v) is 22.1. The number of rotatable bonds is 19. The fourth-order valence-corrected chi connectivity index (χ4v) is 4.09. The predicted molar refractivity (Wildman–Crippen MR) is 145 cm³/mol. The van der Waals surface area contributed by atoms with E-state index in [1.54, 1.807) is 12.1 Å². The molecule has 0 saturated carbocycles. The van der Waals surface area contributed by atoms with Gasteiger partial charge in [0.2, 0.25) is 0 Å². The number of ether oxygens (including phenoxy) is 2. The molecule has 0 N–H and O–H groups in total. The molecule has 37 heavy (non-hydrogen) atoms. The van der Waals surface area contributed by atoms with Crippen LogP contribution in [0.2, 0.25) is 0 Å². The maximum atomic E-state index is 12.2. The van der Waals surface area contributed by atoms with Crippen LogP contribution in [0.3, 0.4) is 0 Å². The molecule has 0 fully saturated rings. The number of carbonyl (C=O) groups is 2. The molecule has 0 unspecified atom stereocenters. The average molecular weight is 512 g/mol. The molecule has 7 heteroatoms. The van der Waals surface area contributed by atoms with Crippen molar-refractivity contribution in [3.63, 3.8) is 0 Å². The van der Waals surface area contributed by atoms with Gasteiger partial charge in [-0.25, -0.2) is 9.59 Å². The molecular formula is C30H41NO6. The Balaban J connectivity index is 1.52. The standard InChI is InChI=1S/C30H41NO6/c1-2-3-4-5-6-7-8-9-10-11-12-13-14-15-24-36-29(32)25-18-22-28(23-19-25)37-30(33)26-16-20-27(21-17-26)31(34)35/h16-23H,2-15,24H2,1H3. The second-order valence-electron chi connectivity index (χ2n) is 9.45. The van der Waals surface area contributed by atoms with Crippen molar-refractivity contribution < 1.29 is 24.0 Å². The first-order valence-corrected chi connectivity index (χ1v) is 13.7. The first kappa shape index (κ1) is 30.0. The van der Waals surface area contributed by atoms with Crippen molar-refractivity contribution in [2.45, 2.75) is 96.8 Å². The van der Waals surface area contributed by atoms with Crippen LogP contribution < -0.4 is 4.74 Å². The largest absolute Gasteiger partial charge is 0.462 e. The summed E-state index contributed by atoms with van der Waals surface area (Å²) in [6.07, 6.45) is 17.9. The van der Waals surface area contributed by atoms with Crippen molar-refractivity contribution in [2.24, 2.45) is 0 Å². The van der Waals surface area contributed by atoms with Crippen molar-refractivity contribution in [3.8, 4) is 5.75 Å². The normalized spacial score (nSPS) is 10.7. The number of unbranched alkanes of at least 4 members (excludes halogenated alkanes) is 13. The highest BCUT2D eigenvalue weighted by Gasteiger charge is 2.13. The molecule has 0 saturated heterocycles. The Bertz CT molecular complexity index is 940. The summed E-state index contributed by atoms with van der Waals surface area (Å²) in [7, 11) is 0. The molecule has 0 bridgehead atoms. The van der Waals surface area contributed by atoms with Crippen molar-refractivity contribution >= 4 is 17.6 Å². The van der Waals surface area contributed by atoms with Crippen molar-refractivity contribution in [3.05, 3.63) is 69.8 Å². The Morgan fingerprint density at radius 3 is 1.57 bits per heavy atom. The van der Waals surface area contributed by atoms with Crippen molar-refractivity contribution in [1.29, 1.82) is 0 Å². The van der Waals surface area contributed by atoms with Gasteiger partial charge < -0.3 is 9.47 Å². The molecule has 2 rings (SSSR count). The van der Waals surface area contributed by atoms with Gasteiger partial charge in [0.25, 0.3) is 5.69 Å². The second-order valence-corrected chi connectivity index (χ2v) is 9.45. The average Bonchev–Trinajstić information content (AvgIpc) is 2.91. The zero-order chi connectivity index (χ0) is 26.7. The van der Waals surface area contributed by atoms with Crippen LogP contribution in [0.4, 0.5) is 5.69 Å². The molecule has 2 aromatic carbocycles. The van der Waals surface area contributed by atoms with Gasteiger partial charge in [-0.3, -0.25) is 10.1 Å². The van der Waals surface area contributed by atoms with Crippen LogP contribution in [0.15, 0.2) is 48.5 Å². The van der Waals surface area contributed by atoms with Crippen LogP contribution in [0.1, 0.15) is 118 Å². The van der Waals surface area contributed by atoms with Crippen LogP contribution in [0.25, 0.3) is 0 Å². The summed E-state index contributed by atoms with van der Waals surface area (Å²) >= 11 is 0. The Morgan fingerprint density at radius 2 is 1.08 bits per heavy atom. The van der Waals surface area contributed by atoms with E-state index in [0.717, 1.165) is 12.8 Å². The quantitative estimate of drug-likeness (QED) is 0.0617. The lowest BCUT2D eigenvalue weighted by Gasteiger charge is -2.07. The number of nitro benzene ring substituents is 1. The fourth-order valence-electron chi connectivity index (χ4n) is 4.09. The minimum absolute atomic E-state index is 0.103. The molecule has 0 aromatic heterocycles. The molecule has 0 radical (unpaired) electrons. The summed E-state index contributed by atoms with van der Waals surface area (Å²) in [5.74, 6) is -0.766. The third kappa shape index (κ3) is 12.5. The van der Waals surface area contributed by atoms with E-state index in [1.807, 2.05) is 0 Å². The first-order valence-electron chi connectivity index (χ1n) is 13.7. The van der Waals surface area contributed by atoms with E-state index in [-0.39, 0.29) is 17.0 Å². The summed E-state index contributed by atoms with van der Waals surface area (Å²) < 4.78 is 10.6. The summed E-state index contributed by atoms with van der Waals surface area (Å²) in [6, 6.07) is 11.3. The number of hydrogen-bond acceptors (Lipinski definition) is 6. The number of nitrogens with zero attached hydrogens (tertiary/aromatic N) is 1. The zero-order valence-electron chi connectivity index (χ0n) is 22.1. The van der Waals surface area contributed by atoms with E-state index in [9.17, 15) is 19.7 Å². The van der Waals surface area contributed by atoms with Crippen LogP contribution in [0.5, 0.6) is 5.75 Å². The van der Waals surface area contributed by atoms with E-state index in [4.69, 9.17) is 9.47 Å². The SMILES string of the molecule is CCCCCCCCCCCCCCCCOC(=O)c1ccc(OC(=O)c2ccc([N+](=O)[O-])cc2)cc1. The molecule has 0 spiro atoms. The molecule has 202 valence electrons. The van der Waals surface area contributed by atoms with Gasteiger partial charge in [0.1, 0.15) is 5.75 Å². The Labute approximate surface area is 220 Å². The van der Waals surface area contributed by atoms with Gasteiger partial charge in [0.05, 0.1) is 22.7 Å². The lowest BCUT2D eigenvalue weighted by Crippen LogP contribution is -2.09. The van der Waals surface area contributed by atoms with E-state index < -0.39 is 16.9 Å². The van der Waals surface area contributed by atoms with Crippen LogP contribution in [-0.4, -0.2) is 23.5 Å². The lowest BCUT2D eigenvalue weighted by molar-refractivity contribution is -0.384. The highest BCUT2D eigenvalue weighted by molar-refractivity contribution is 5.92. The highest BCUT2D eigenvalue weighted by atomic mass is 16.6. The number of benzene rings is 2. The minimum atomic E-state index is -0.636. The molecule has 2 aromatic rings. The van der Waals surface area contributed by atoms with Crippen LogP contribution in [-0.2, 0) is 4.74 Å². The predicted octanol–water partition coefficient (Wildman–Crippen LogP) is 8.45. The third-order valence-corrected chi connectivity index (χ3v) is 6.35. The minimum Gasteiger partial charge on any atom is -0.462 e. The van der Waals surface area contributed by atoms with E-state index in [1.165, 1.54) is 113 Å². The van der Waals surface area contributed by atoms with Crippen LogP contribution >= 0.6 is 0 Å². The van der Waals surface area contributed by atoms with Crippen molar-refractivity contribution in [2.75, 3.05) is 6.61 Å². The maximum Gasteiger partial charge on any atom is 0.343 e. The lowest BCUT2D eigenvalue weighted by atomic mass is 10.0. The molecular weight excluding hydrogens is 470 g/mol. The smallest absolute Gasteiger partial charge is 0.343 e. The number of nitro groups is 1. The van der Waals surface area contributed by atoms with Crippen molar-refractivity contribution in [1.82, 2.24) is 0 Å².